The molecule has 0 aliphatic heterocycles. The van der Waals surface area contributed by atoms with E-state index in [0.717, 1.165) is 21.6 Å². The highest BCUT2D eigenvalue weighted by Gasteiger charge is 2.15. The van der Waals surface area contributed by atoms with Gasteiger partial charge in [-0.05, 0) is 31.2 Å². The van der Waals surface area contributed by atoms with Crippen LogP contribution in [0.4, 0.5) is 0 Å². The zero-order valence-electron chi connectivity index (χ0n) is 16.7. The van der Waals surface area contributed by atoms with Gasteiger partial charge in [-0.2, -0.15) is 5.10 Å². The van der Waals surface area contributed by atoms with Gasteiger partial charge >= 0.3 is 0 Å². The average Bonchev–Trinajstić information content (AvgIpc) is 3.14. The summed E-state index contributed by atoms with van der Waals surface area (Å²) in [6.07, 6.45) is 1.72. The predicted molar refractivity (Wildman–Crippen MR) is 118 cm³/mol. The van der Waals surface area contributed by atoms with Crippen molar-refractivity contribution in [3.8, 4) is 28.5 Å². The first-order valence-corrected chi connectivity index (χ1v) is 10.2. The van der Waals surface area contributed by atoms with Crippen LogP contribution in [0, 0.1) is 0 Å². The smallest absolute Gasteiger partial charge is 0.206 e. The second-order valence-corrected chi connectivity index (χ2v) is 7.14. The van der Waals surface area contributed by atoms with Crippen LogP contribution in [0.3, 0.4) is 0 Å². The molecule has 0 saturated carbocycles. The Morgan fingerprint density at radius 1 is 1.00 bits per heavy atom. The molecule has 0 saturated heterocycles. The van der Waals surface area contributed by atoms with Gasteiger partial charge in [-0.1, -0.05) is 23.7 Å². The molecular formula is C21H22ClN3O3S. The van der Waals surface area contributed by atoms with Gasteiger partial charge in [0.1, 0.15) is 0 Å². The molecule has 3 rings (SSSR count). The largest absolute Gasteiger partial charge is 0.493 e. The third kappa shape index (κ3) is 4.46. The topological polar surface area (TPSA) is 57.3 Å². The number of nitrogens with zero attached hydrogens (tertiary/aromatic N) is 3. The Balaban J connectivity index is 2.10. The van der Waals surface area contributed by atoms with Crippen LogP contribution in [0.25, 0.3) is 11.3 Å². The summed E-state index contributed by atoms with van der Waals surface area (Å²) in [6, 6.07) is 11.3. The van der Waals surface area contributed by atoms with Gasteiger partial charge in [-0.15, -0.1) is 11.3 Å². The van der Waals surface area contributed by atoms with Crippen LogP contribution in [-0.2, 0) is 0 Å². The minimum absolute atomic E-state index is 0.519. The fourth-order valence-corrected chi connectivity index (χ4v) is 3.85. The lowest BCUT2D eigenvalue weighted by atomic mass is 10.2. The van der Waals surface area contributed by atoms with Crippen molar-refractivity contribution in [3.63, 3.8) is 0 Å². The molecule has 1 aromatic heterocycles. The number of hydrogen-bond donors (Lipinski definition) is 0. The Morgan fingerprint density at radius 3 is 2.34 bits per heavy atom. The Bertz CT molecular complexity index is 1070. The number of thiazole rings is 1. The van der Waals surface area contributed by atoms with Crippen molar-refractivity contribution in [3.05, 3.63) is 57.2 Å². The quantitative estimate of drug-likeness (QED) is 0.509. The molecule has 0 aliphatic carbocycles. The second kappa shape index (κ2) is 9.62. The highest BCUT2D eigenvalue weighted by Crippen LogP contribution is 2.39. The van der Waals surface area contributed by atoms with Crippen molar-refractivity contribution in [2.75, 3.05) is 27.9 Å². The molecule has 8 heteroatoms. The number of halogens is 1. The van der Waals surface area contributed by atoms with E-state index in [0.29, 0.717) is 28.8 Å². The van der Waals surface area contributed by atoms with Crippen LogP contribution in [0.1, 0.15) is 12.5 Å². The molecule has 0 fully saturated rings. The molecule has 0 bridgehead atoms. The molecule has 2 aromatic carbocycles. The van der Waals surface area contributed by atoms with Gasteiger partial charge < -0.3 is 14.2 Å². The highest BCUT2D eigenvalue weighted by molar-refractivity contribution is 7.07. The summed E-state index contributed by atoms with van der Waals surface area (Å²) in [5.74, 6) is 1.66. The molecule has 0 spiro atoms. The molecule has 0 unspecified atom stereocenters. The lowest BCUT2D eigenvalue weighted by molar-refractivity contribution is 0.324. The van der Waals surface area contributed by atoms with Crippen molar-refractivity contribution in [2.24, 2.45) is 10.1 Å². The van der Waals surface area contributed by atoms with Crippen molar-refractivity contribution in [1.29, 1.82) is 0 Å². The summed E-state index contributed by atoms with van der Waals surface area (Å²) < 4.78 is 18.2. The number of methoxy groups -OCH3 is 3. The first-order chi connectivity index (χ1) is 14.1. The molecule has 0 amide bonds. The fraction of sp³-hybridized carbons (Fsp3) is 0.238. The van der Waals surface area contributed by atoms with E-state index in [4.69, 9.17) is 30.9 Å². The lowest BCUT2D eigenvalue weighted by Gasteiger charge is -2.13. The monoisotopic (exact) mass is 431 g/mol. The minimum Gasteiger partial charge on any atom is -0.493 e. The molecule has 3 aromatic rings. The Kier molecular flexibility index (Phi) is 6.95. The third-order valence-corrected chi connectivity index (χ3v) is 5.27. The number of rotatable bonds is 7. The molecular weight excluding hydrogens is 410 g/mol. The molecule has 0 aliphatic rings. The van der Waals surface area contributed by atoms with Crippen LogP contribution in [-0.4, -0.2) is 38.8 Å². The van der Waals surface area contributed by atoms with E-state index in [1.165, 1.54) is 11.3 Å². The third-order valence-electron chi connectivity index (χ3n) is 4.17. The van der Waals surface area contributed by atoms with E-state index in [-0.39, 0.29) is 0 Å². The summed E-state index contributed by atoms with van der Waals surface area (Å²) >= 11 is 7.57. The Hall–Kier alpha value is -2.77. The van der Waals surface area contributed by atoms with E-state index in [1.54, 1.807) is 27.5 Å². The van der Waals surface area contributed by atoms with Crippen molar-refractivity contribution in [2.45, 2.75) is 6.92 Å². The second-order valence-electron chi connectivity index (χ2n) is 5.86. The van der Waals surface area contributed by atoms with Gasteiger partial charge in [0.2, 0.25) is 10.6 Å². The summed E-state index contributed by atoms with van der Waals surface area (Å²) in [4.78, 5) is 5.35. The van der Waals surface area contributed by atoms with Crippen LogP contribution in [0.15, 0.2) is 51.9 Å². The highest BCUT2D eigenvalue weighted by atomic mass is 35.5. The normalized spacial score (nSPS) is 11.8. The standard InChI is InChI=1S/C21H22ClN3O3S/c1-5-23-21-25(17(13-29-21)14-6-9-16(22)10-7-14)24-12-15-8-11-18(26-2)20(28-4)19(15)27-3/h6-13H,5H2,1-4H3. The number of aromatic nitrogens is 1. The first kappa shape index (κ1) is 21.0. The zero-order chi connectivity index (χ0) is 20.8. The van der Waals surface area contributed by atoms with E-state index in [1.807, 2.05) is 53.4 Å². The van der Waals surface area contributed by atoms with Gasteiger partial charge in [0.05, 0.1) is 33.2 Å². The summed E-state index contributed by atoms with van der Waals surface area (Å²) in [7, 11) is 4.75. The summed E-state index contributed by atoms with van der Waals surface area (Å²) in [5.41, 5.74) is 2.68. The first-order valence-electron chi connectivity index (χ1n) is 8.93. The van der Waals surface area contributed by atoms with Gasteiger partial charge in [0.15, 0.2) is 11.5 Å². The maximum Gasteiger partial charge on any atom is 0.206 e. The van der Waals surface area contributed by atoms with Gasteiger partial charge in [-0.3, -0.25) is 4.99 Å². The average molecular weight is 432 g/mol. The molecule has 1 heterocycles. The Morgan fingerprint density at radius 2 is 1.72 bits per heavy atom. The molecule has 0 atom stereocenters. The zero-order valence-corrected chi connectivity index (χ0v) is 18.3. The summed E-state index contributed by atoms with van der Waals surface area (Å²) in [6.45, 7) is 2.66. The van der Waals surface area contributed by atoms with E-state index in [2.05, 4.69) is 4.99 Å². The predicted octanol–water partition coefficient (Wildman–Crippen LogP) is 4.70. The fourth-order valence-electron chi connectivity index (χ4n) is 2.82. The van der Waals surface area contributed by atoms with Crippen LogP contribution in [0.5, 0.6) is 17.2 Å². The van der Waals surface area contributed by atoms with Crippen molar-refractivity contribution in [1.82, 2.24) is 4.68 Å². The maximum absolute atomic E-state index is 6.03. The van der Waals surface area contributed by atoms with Crippen LogP contribution < -0.4 is 19.0 Å². The Labute approximate surface area is 178 Å². The van der Waals surface area contributed by atoms with Crippen LogP contribution >= 0.6 is 22.9 Å². The van der Waals surface area contributed by atoms with E-state index in [9.17, 15) is 0 Å². The van der Waals surface area contributed by atoms with Crippen molar-refractivity contribution < 1.29 is 14.2 Å². The number of ether oxygens (including phenoxy) is 3. The van der Waals surface area contributed by atoms with Crippen LogP contribution in [0.2, 0.25) is 5.02 Å². The van der Waals surface area contributed by atoms with Gasteiger partial charge in [0, 0.05) is 28.1 Å². The SMILES string of the molecule is CCN=c1scc(-c2ccc(Cl)cc2)n1N=Cc1ccc(OC)c(OC)c1OC. The van der Waals surface area contributed by atoms with E-state index >= 15 is 0 Å². The molecule has 29 heavy (non-hydrogen) atoms. The number of hydrogen-bond acceptors (Lipinski definition) is 6. The molecule has 152 valence electrons. The molecule has 0 radical (unpaired) electrons. The lowest BCUT2D eigenvalue weighted by Crippen LogP contribution is -2.12. The number of benzene rings is 2. The maximum atomic E-state index is 6.03. The van der Waals surface area contributed by atoms with Crippen molar-refractivity contribution >= 4 is 29.2 Å². The minimum atomic E-state index is 0.519. The van der Waals surface area contributed by atoms with E-state index < -0.39 is 0 Å². The molecule has 6 nitrogen and oxygen atoms in total. The van der Waals surface area contributed by atoms with Gasteiger partial charge in [-0.25, -0.2) is 4.68 Å². The summed E-state index contributed by atoms with van der Waals surface area (Å²) in [5, 5.41) is 7.41. The van der Waals surface area contributed by atoms with Gasteiger partial charge in [0.25, 0.3) is 0 Å². The molecule has 0 N–H and O–H groups in total.